The lowest BCUT2D eigenvalue weighted by molar-refractivity contribution is 0.0441. The van der Waals surface area contributed by atoms with Gasteiger partial charge in [-0.05, 0) is 32.3 Å². The maximum Gasteiger partial charge on any atom is 0.0634 e. The summed E-state index contributed by atoms with van der Waals surface area (Å²) in [5.74, 6) is 0.293. The van der Waals surface area contributed by atoms with Gasteiger partial charge in [0.25, 0.3) is 0 Å². The molecule has 1 aromatic rings. The molecule has 0 aliphatic carbocycles. The molecule has 2 heteroatoms. The molecule has 0 amide bonds. The molecule has 2 nitrogen and oxygen atoms in total. The molecule has 0 spiro atoms. The van der Waals surface area contributed by atoms with E-state index in [9.17, 15) is 5.11 Å². The van der Waals surface area contributed by atoms with Crippen LogP contribution in [0, 0.1) is 12.8 Å². The Morgan fingerprint density at radius 1 is 1.38 bits per heavy atom. The number of hydrogen-bond acceptors (Lipinski definition) is 2. The molecular weight excluding hydrogens is 200 g/mol. The molecule has 1 aromatic carbocycles. The van der Waals surface area contributed by atoms with Crippen LogP contribution in [0.25, 0.3) is 0 Å². The first-order valence-electron chi connectivity index (χ1n) is 6.02. The summed E-state index contributed by atoms with van der Waals surface area (Å²) in [6.07, 6.45) is 1.63. The van der Waals surface area contributed by atoms with Crippen LogP contribution in [0.3, 0.4) is 0 Å². The van der Waals surface area contributed by atoms with E-state index < -0.39 is 0 Å². The van der Waals surface area contributed by atoms with E-state index in [1.165, 1.54) is 11.1 Å². The second kappa shape index (κ2) is 4.98. The van der Waals surface area contributed by atoms with Crippen molar-refractivity contribution in [2.45, 2.75) is 38.9 Å². The lowest BCUT2D eigenvalue weighted by Gasteiger charge is -2.20. The molecule has 3 atom stereocenters. The third-order valence-electron chi connectivity index (χ3n) is 3.49. The summed E-state index contributed by atoms with van der Waals surface area (Å²) < 4.78 is 5.48. The van der Waals surface area contributed by atoms with E-state index in [4.69, 9.17) is 4.74 Å². The van der Waals surface area contributed by atoms with Gasteiger partial charge < -0.3 is 9.84 Å². The van der Waals surface area contributed by atoms with Gasteiger partial charge in [-0.1, -0.05) is 29.8 Å². The predicted octanol–water partition coefficient (Wildman–Crippen LogP) is 2.32. The molecule has 0 aromatic heterocycles. The van der Waals surface area contributed by atoms with Gasteiger partial charge in [0.2, 0.25) is 0 Å². The van der Waals surface area contributed by atoms with Crippen molar-refractivity contribution in [3.05, 3.63) is 35.4 Å². The van der Waals surface area contributed by atoms with E-state index in [0.29, 0.717) is 5.92 Å². The van der Waals surface area contributed by atoms with Gasteiger partial charge in [-0.25, -0.2) is 0 Å². The average molecular weight is 220 g/mol. The zero-order valence-electron chi connectivity index (χ0n) is 10.0. The van der Waals surface area contributed by atoms with Gasteiger partial charge >= 0.3 is 0 Å². The topological polar surface area (TPSA) is 29.5 Å². The number of aliphatic hydroxyl groups excluding tert-OH is 1. The first-order valence-corrected chi connectivity index (χ1v) is 6.02. The fraction of sp³-hybridized carbons (Fsp3) is 0.571. The lowest BCUT2D eigenvalue weighted by atomic mass is 9.91. The molecule has 1 saturated heterocycles. The summed E-state index contributed by atoms with van der Waals surface area (Å²) in [5, 5.41) is 10.2. The number of benzene rings is 1. The molecule has 1 heterocycles. The number of aliphatic hydroxyl groups is 1. The van der Waals surface area contributed by atoms with Gasteiger partial charge in [-0.3, -0.25) is 0 Å². The van der Waals surface area contributed by atoms with Gasteiger partial charge in [-0.2, -0.15) is 0 Å². The molecule has 1 fully saturated rings. The van der Waals surface area contributed by atoms with Crippen molar-refractivity contribution in [2.24, 2.45) is 5.92 Å². The Hall–Kier alpha value is -0.860. The number of aryl methyl sites for hydroxylation is 1. The van der Waals surface area contributed by atoms with Crippen LogP contribution in [0.4, 0.5) is 0 Å². The van der Waals surface area contributed by atoms with Crippen molar-refractivity contribution in [3.8, 4) is 0 Å². The Labute approximate surface area is 97.3 Å². The molecule has 1 aliphatic rings. The van der Waals surface area contributed by atoms with Crippen LogP contribution in [0.2, 0.25) is 0 Å². The summed E-state index contributed by atoms with van der Waals surface area (Å²) in [6, 6.07) is 8.38. The van der Waals surface area contributed by atoms with Crippen molar-refractivity contribution in [2.75, 3.05) is 6.61 Å². The lowest BCUT2D eigenvalue weighted by Crippen LogP contribution is -2.28. The molecule has 16 heavy (non-hydrogen) atoms. The SMILES string of the molecule is Cc1ccc(CC(O)C2CCOC2C)cc1. The van der Waals surface area contributed by atoms with Gasteiger partial charge in [0.1, 0.15) is 0 Å². The summed E-state index contributed by atoms with van der Waals surface area (Å²) in [6.45, 7) is 4.92. The van der Waals surface area contributed by atoms with Crippen LogP contribution >= 0.6 is 0 Å². The van der Waals surface area contributed by atoms with Crippen LogP contribution < -0.4 is 0 Å². The largest absolute Gasteiger partial charge is 0.392 e. The predicted molar refractivity (Wildman–Crippen MR) is 64.4 cm³/mol. The molecule has 3 unspecified atom stereocenters. The van der Waals surface area contributed by atoms with Crippen LogP contribution in [-0.2, 0) is 11.2 Å². The number of hydrogen-bond donors (Lipinski definition) is 1. The number of rotatable bonds is 3. The molecule has 1 aliphatic heterocycles. The highest BCUT2D eigenvalue weighted by molar-refractivity contribution is 5.22. The highest BCUT2D eigenvalue weighted by atomic mass is 16.5. The molecular formula is C14H20O2. The van der Waals surface area contributed by atoms with Crippen molar-refractivity contribution >= 4 is 0 Å². The molecule has 2 rings (SSSR count). The first-order chi connectivity index (χ1) is 7.66. The van der Waals surface area contributed by atoms with Gasteiger partial charge in [0.05, 0.1) is 12.2 Å². The highest BCUT2D eigenvalue weighted by Gasteiger charge is 2.30. The minimum Gasteiger partial charge on any atom is -0.392 e. The van der Waals surface area contributed by atoms with Crippen molar-refractivity contribution < 1.29 is 9.84 Å². The van der Waals surface area contributed by atoms with E-state index in [-0.39, 0.29) is 12.2 Å². The molecule has 88 valence electrons. The van der Waals surface area contributed by atoms with E-state index in [2.05, 4.69) is 38.1 Å². The summed E-state index contributed by atoms with van der Waals surface area (Å²) in [5.41, 5.74) is 2.47. The van der Waals surface area contributed by atoms with Crippen molar-refractivity contribution in [1.82, 2.24) is 0 Å². The third-order valence-corrected chi connectivity index (χ3v) is 3.49. The van der Waals surface area contributed by atoms with E-state index >= 15 is 0 Å². The molecule has 0 radical (unpaired) electrons. The van der Waals surface area contributed by atoms with Crippen LogP contribution in [0.1, 0.15) is 24.5 Å². The van der Waals surface area contributed by atoms with Gasteiger partial charge in [0.15, 0.2) is 0 Å². The highest BCUT2D eigenvalue weighted by Crippen LogP contribution is 2.25. The summed E-state index contributed by atoms with van der Waals surface area (Å²) in [7, 11) is 0. The summed E-state index contributed by atoms with van der Waals surface area (Å²) in [4.78, 5) is 0. The zero-order chi connectivity index (χ0) is 11.5. The quantitative estimate of drug-likeness (QED) is 0.847. The van der Waals surface area contributed by atoms with Gasteiger partial charge in [-0.15, -0.1) is 0 Å². The Bertz CT molecular complexity index is 331. The number of ether oxygens (including phenoxy) is 1. The monoisotopic (exact) mass is 220 g/mol. The second-order valence-corrected chi connectivity index (χ2v) is 4.79. The molecule has 1 N–H and O–H groups in total. The minimum atomic E-state index is -0.278. The maximum atomic E-state index is 10.2. The van der Waals surface area contributed by atoms with Crippen LogP contribution in [0.15, 0.2) is 24.3 Å². The first kappa shape index (κ1) is 11.6. The Morgan fingerprint density at radius 3 is 2.62 bits per heavy atom. The molecule has 0 saturated carbocycles. The fourth-order valence-electron chi connectivity index (χ4n) is 2.37. The standard InChI is InChI=1S/C14H20O2/c1-10-3-5-12(6-4-10)9-14(15)13-7-8-16-11(13)2/h3-6,11,13-15H,7-9H2,1-2H3. The zero-order valence-corrected chi connectivity index (χ0v) is 10.0. The van der Waals surface area contributed by atoms with E-state index in [1.54, 1.807) is 0 Å². The van der Waals surface area contributed by atoms with Crippen LogP contribution in [-0.4, -0.2) is 23.9 Å². The molecule has 0 bridgehead atoms. The van der Waals surface area contributed by atoms with Crippen molar-refractivity contribution in [3.63, 3.8) is 0 Å². The smallest absolute Gasteiger partial charge is 0.0634 e. The third kappa shape index (κ3) is 2.63. The average Bonchev–Trinajstić information content (AvgIpc) is 2.68. The van der Waals surface area contributed by atoms with Crippen molar-refractivity contribution in [1.29, 1.82) is 0 Å². The van der Waals surface area contributed by atoms with Gasteiger partial charge in [0, 0.05) is 12.5 Å². The van der Waals surface area contributed by atoms with Crippen LogP contribution in [0.5, 0.6) is 0 Å². The van der Waals surface area contributed by atoms with E-state index in [1.807, 2.05) is 0 Å². The Balaban J connectivity index is 1.96. The summed E-state index contributed by atoms with van der Waals surface area (Å²) >= 11 is 0. The second-order valence-electron chi connectivity index (χ2n) is 4.79. The Kier molecular flexibility index (Phi) is 3.62. The van der Waals surface area contributed by atoms with E-state index in [0.717, 1.165) is 19.4 Å². The normalized spacial score (nSPS) is 26.9. The minimum absolute atomic E-state index is 0.195. The maximum absolute atomic E-state index is 10.2. The fourth-order valence-corrected chi connectivity index (χ4v) is 2.37. The Morgan fingerprint density at radius 2 is 2.06 bits per heavy atom.